The van der Waals surface area contributed by atoms with Crippen molar-refractivity contribution < 1.29 is 19.1 Å². The Morgan fingerprint density at radius 1 is 0.933 bits per heavy atom. The Labute approximate surface area is 261 Å². The Balaban J connectivity index is 1.27. The number of H-pyrrole nitrogens is 1. The number of aromatic amines is 1. The first-order valence-electron chi connectivity index (χ1n) is 15.2. The van der Waals surface area contributed by atoms with Crippen LogP contribution in [0.15, 0.2) is 97.1 Å². The molecule has 1 fully saturated rings. The van der Waals surface area contributed by atoms with Crippen molar-refractivity contribution in [3.05, 3.63) is 131 Å². The number of carbonyl (C=O) groups excluding carboxylic acids is 3. The van der Waals surface area contributed by atoms with Crippen LogP contribution < -0.4 is 15.0 Å². The Morgan fingerprint density at radius 2 is 1.64 bits per heavy atom. The van der Waals surface area contributed by atoms with Crippen molar-refractivity contribution in [2.24, 2.45) is 0 Å². The maximum Gasteiger partial charge on any atom is 0.332 e. The normalized spacial score (nSPS) is 17.5. The third-order valence-corrected chi connectivity index (χ3v) is 8.99. The molecule has 5 aromatic rings. The molecule has 8 nitrogen and oxygen atoms in total. The van der Waals surface area contributed by atoms with Gasteiger partial charge in [-0.15, -0.1) is 0 Å². The summed E-state index contributed by atoms with van der Waals surface area (Å²) in [5.74, 6) is 0.290. The molecule has 2 atom stereocenters. The van der Waals surface area contributed by atoms with Crippen LogP contribution in [-0.2, 0) is 17.8 Å². The van der Waals surface area contributed by atoms with E-state index in [4.69, 9.17) is 4.74 Å². The zero-order valence-corrected chi connectivity index (χ0v) is 25.4. The number of methoxy groups -OCH3 is 1. The maximum absolute atomic E-state index is 14.4. The van der Waals surface area contributed by atoms with Gasteiger partial charge in [0.25, 0.3) is 11.8 Å². The van der Waals surface area contributed by atoms with Crippen LogP contribution in [0.3, 0.4) is 0 Å². The van der Waals surface area contributed by atoms with E-state index >= 15 is 0 Å². The molecule has 2 aliphatic heterocycles. The summed E-state index contributed by atoms with van der Waals surface area (Å²) in [7, 11) is 1.58. The Kier molecular flexibility index (Phi) is 7.12. The maximum atomic E-state index is 14.4. The van der Waals surface area contributed by atoms with Crippen molar-refractivity contribution in [1.82, 2.24) is 15.2 Å². The van der Waals surface area contributed by atoms with Gasteiger partial charge in [-0.1, -0.05) is 86.6 Å². The third kappa shape index (κ3) is 4.73. The van der Waals surface area contributed by atoms with Crippen molar-refractivity contribution >= 4 is 34.4 Å². The van der Waals surface area contributed by atoms with E-state index in [1.54, 1.807) is 36.3 Å². The lowest BCUT2D eigenvalue weighted by Gasteiger charge is -2.36. The zero-order valence-electron chi connectivity index (χ0n) is 25.4. The number of anilines is 1. The van der Waals surface area contributed by atoms with Crippen LogP contribution in [-0.4, -0.2) is 40.9 Å². The molecule has 2 unspecified atom stereocenters. The molecule has 0 bridgehead atoms. The average Bonchev–Trinajstić information content (AvgIpc) is 3.56. The zero-order chi connectivity index (χ0) is 31.2. The van der Waals surface area contributed by atoms with Gasteiger partial charge in [0.15, 0.2) is 0 Å². The van der Waals surface area contributed by atoms with E-state index in [-0.39, 0.29) is 29.6 Å². The number of hydrogen-bond acceptors (Lipinski definition) is 4. The van der Waals surface area contributed by atoms with E-state index in [9.17, 15) is 14.4 Å². The van der Waals surface area contributed by atoms with Crippen molar-refractivity contribution in [2.75, 3.05) is 12.0 Å². The van der Waals surface area contributed by atoms with E-state index in [1.807, 2.05) is 42.5 Å². The number of benzene rings is 4. The number of carbonyl (C=O) groups is 3. The number of ether oxygens (including phenoxy) is 1. The molecule has 3 heterocycles. The van der Waals surface area contributed by atoms with Gasteiger partial charge >= 0.3 is 6.03 Å². The second-order valence-corrected chi connectivity index (χ2v) is 11.9. The minimum absolute atomic E-state index is 0.226. The number of aromatic nitrogens is 1. The molecule has 1 aromatic heterocycles. The summed E-state index contributed by atoms with van der Waals surface area (Å²) in [6, 6.07) is 28.9. The van der Waals surface area contributed by atoms with Gasteiger partial charge in [0.1, 0.15) is 17.8 Å². The van der Waals surface area contributed by atoms with Gasteiger partial charge in [0.2, 0.25) is 0 Å². The first-order valence-corrected chi connectivity index (χ1v) is 15.2. The molecule has 0 saturated carbocycles. The van der Waals surface area contributed by atoms with Crippen molar-refractivity contribution in [3.8, 4) is 5.75 Å². The fourth-order valence-electron chi connectivity index (χ4n) is 6.69. The number of nitrogens with one attached hydrogen (secondary N) is 2. The monoisotopic (exact) mass is 598 g/mol. The number of amides is 4. The van der Waals surface area contributed by atoms with E-state index in [0.717, 1.165) is 33.3 Å². The van der Waals surface area contributed by atoms with Crippen LogP contribution in [0, 0.1) is 0 Å². The van der Waals surface area contributed by atoms with Gasteiger partial charge in [0, 0.05) is 35.1 Å². The predicted molar refractivity (Wildman–Crippen MR) is 173 cm³/mol. The quantitative estimate of drug-likeness (QED) is 0.204. The van der Waals surface area contributed by atoms with Crippen molar-refractivity contribution in [2.45, 2.75) is 44.8 Å². The van der Waals surface area contributed by atoms with Gasteiger partial charge in [-0.3, -0.25) is 14.5 Å². The summed E-state index contributed by atoms with van der Waals surface area (Å²) in [5, 5.41) is 3.99. The lowest BCUT2D eigenvalue weighted by molar-refractivity contribution is -0.120. The molecule has 8 heteroatoms. The summed E-state index contributed by atoms with van der Waals surface area (Å²) in [4.78, 5) is 48.7. The molecule has 4 aromatic carbocycles. The Morgan fingerprint density at radius 3 is 2.42 bits per heavy atom. The summed E-state index contributed by atoms with van der Waals surface area (Å²) in [6.07, 6.45) is 0.378. The number of hydrogen-bond donors (Lipinski definition) is 2. The smallest absolute Gasteiger partial charge is 0.332 e. The highest BCUT2D eigenvalue weighted by Crippen LogP contribution is 2.45. The molecule has 7 rings (SSSR count). The van der Waals surface area contributed by atoms with Crippen LogP contribution in [0.5, 0.6) is 5.75 Å². The largest absolute Gasteiger partial charge is 0.496 e. The summed E-state index contributed by atoms with van der Waals surface area (Å²) in [6.45, 7) is 4.52. The summed E-state index contributed by atoms with van der Waals surface area (Å²) >= 11 is 0. The molecule has 1 saturated heterocycles. The third-order valence-electron chi connectivity index (χ3n) is 8.99. The summed E-state index contributed by atoms with van der Waals surface area (Å²) in [5.41, 5.74) is 6.37. The number of fused-ring (bicyclic) bond motifs is 4. The van der Waals surface area contributed by atoms with Crippen LogP contribution >= 0.6 is 0 Å². The second kappa shape index (κ2) is 11.3. The highest BCUT2D eigenvalue weighted by molar-refractivity contribution is 6.24. The van der Waals surface area contributed by atoms with E-state index < -0.39 is 18.1 Å². The van der Waals surface area contributed by atoms with Gasteiger partial charge < -0.3 is 15.0 Å². The number of imide groups is 1. The number of rotatable bonds is 7. The SMILES string of the molecule is COc1ccccc1CNC(=O)c1ccccc1N1C(=O)C2Cc3c([nH]c4ccccc34)C(c3ccc(C(C)C)cc3)N2C1=O. The Hall–Kier alpha value is -5.37. The minimum atomic E-state index is -0.719. The van der Waals surface area contributed by atoms with Gasteiger partial charge in [-0.05, 0) is 46.9 Å². The average molecular weight is 599 g/mol. The number of urea groups is 1. The molecule has 0 radical (unpaired) electrons. The van der Waals surface area contributed by atoms with Crippen LogP contribution in [0.1, 0.15) is 64.1 Å². The number of para-hydroxylation sites is 3. The van der Waals surface area contributed by atoms with Crippen molar-refractivity contribution in [3.63, 3.8) is 0 Å². The second-order valence-electron chi connectivity index (χ2n) is 11.9. The topological polar surface area (TPSA) is 94.7 Å². The fraction of sp³-hybridized carbons (Fsp3) is 0.216. The van der Waals surface area contributed by atoms with Crippen LogP contribution in [0.2, 0.25) is 0 Å². The van der Waals surface area contributed by atoms with Crippen LogP contribution in [0.4, 0.5) is 10.5 Å². The molecular weight excluding hydrogens is 564 g/mol. The van der Waals surface area contributed by atoms with Gasteiger partial charge in [0.05, 0.1) is 18.4 Å². The fourth-order valence-corrected chi connectivity index (χ4v) is 6.69. The molecule has 4 amide bonds. The Bertz CT molecular complexity index is 1940. The number of nitrogens with zero attached hydrogens (tertiary/aromatic N) is 2. The molecule has 2 N–H and O–H groups in total. The van der Waals surface area contributed by atoms with E-state index in [0.29, 0.717) is 18.1 Å². The van der Waals surface area contributed by atoms with Gasteiger partial charge in [-0.25, -0.2) is 9.69 Å². The van der Waals surface area contributed by atoms with E-state index in [2.05, 4.69) is 54.5 Å². The lowest BCUT2D eigenvalue weighted by atomic mass is 9.88. The molecular formula is C37H34N4O4. The molecule has 0 spiro atoms. The first-order chi connectivity index (χ1) is 21.9. The molecule has 45 heavy (non-hydrogen) atoms. The minimum Gasteiger partial charge on any atom is -0.496 e. The standard InChI is InChI=1S/C37H34N4O4/c1-22(2)23-16-18-24(19-17-23)34-33-28(26-11-5-7-13-29(26)39-33)20-31-36(43)41(37(44)40(31)34)30-14-8-6-12-27(30)35(42)38-21-25-10-4-9-15-32(25)45-3/h4-19,22,31,34,39H,20-21H2,1-3H3,(H,38,42). The predicted octanol–water partition coefficient (Wildman–Crippen LogP) is 6.71. The first kappa shape index (κ1) is 28.4. The lowest BCUT2D eigenvalue weighted by Crippen LogP contribution is -2.44. The van der Waals surface area contributed by atoms with Gasteiger partial charge in [-0.2, -0.15) is 0 Å². The molecule has 0 aliphatic carbocycles. The highest BCUT2D eigenvalue weighted by atomic mass is 16.5. The van der Waals surface area contributed by atoms with E-state index in [1.165, 1.54) is 10.5 Å². The summed E-state index contributed by atoms with van der Waals surface area (Å²) < 4.78 is 5.43. The molecule has 226 valence electrons. The van der Waals surface area contributed by atoms with Crippen LogP contribution in [0.25, 0.3) is 10.9 Å². The molecule has 2 aliphatic rings. The highest BCUT2D eigenvalue weighted by Gasteiger charge is 2.53. The van der Waals surface area contributed by atoms with Crippen molar-refractivity contribution in [1.29, 1.82) is 0 Å².